The van der Waals surface area contributed by atoms with Crippen molar-refractivity contribution in [3.8, 4) is 0 Å². The van der Waals surface area contributed by atoms with Gasteiger partial charge in [0.2, 0.25) is 0 Å². The van der Waals surface area contributed by atoms with E-state index in [0.29, 0.717) is 5.92 Å². The molecule has 0 spiro atoms. The number of pyridine rings is 1. The summed E-state index contributed by atoms with van der Waals surface area (Å²) in [6, 6.07) is 13.0. The fourth-order valence-electron chi connectivity index (χ4n) is 2.06. The summed E-state index contributed by atoms with van der Waals surface area (Å²) in [6.45, 7) is 4.35. The molecule has 2 rings (SSSR count). The fourth-order valence-corrected chi connectivity index (χ4v) is 2.06. The predicted octanol–water partition coefficient (Wildman–Crippen LogP) is 4.09. The van der Waals surface area contributed by atoms with Crippen LogP contribution in [0.2, 0.25) is 0 Å². The van der Waals surface area contributed by atoms with E-state index in [2.05, 4.69) is 55.2 Å². The highest BCUT2D eigenvalue weighted by molar-refractivity contribution is 5.32. The number of aromatic nitrogens is 1. The molecule has 3 N–H and O–H groups in total. The first-order valence-electron chi connectivity index (χ1n) is 5.77. The Hall–Kier alpha value is -1.67. The van der Waals surface area contributed by atoms with E-state index < -0.39 is 0 Å². The Bertz CT molecular complexity index is 434. The lowest BCUT2D eigenvalue weighted by Gasteiger charge is -2.15. The van der Waals surface area contributed by atoms with Gasteiger partial charge in [-0.15, -0.1) is 0 Å². The summed E-state index contributed by atoms with van der Waals surface area (Å²) in [6.07, 6.45) is 4.85. The third-order valence-corrected chi connectivity index (χ3v) is 3.00. The van der Waals surface area contributed by atoms with Crippen molar-refractivity contribution in [2.45, 2.75) is 26.2 Å². The molecule has 2 aromatic rings. The molecule has 1 aromatic carbocycles. The summed E-state index contributed by atoms with van der Waals surface area (Å²) in [5.41, 5.74) is 4.05. The Labute approximate surface area is 103 Å². The van der Waals surface area contributed by atoms with Gasteiger partial charge in [0.15, 0.2) is 0 Å². The maximum atomic E-state index is 4.07. The van der Waals surface area contributed by atoms with Gasteiger partial charge in [-0.2, -0.15) is 0 Å². The fraction of sp³-hybridized carbons (Fsp3) is 0.267. The Balaban J connectivity index is 0.00000144. The van der Waals surface area contributed by atoms with Gasteiger partial charge in [0, 0.05) is 18.3 Å². The molecule has 2 nitrogen and oxygen atoms in total. The van der Waals surface area contributed by atoms with Crippen LogP contribution in [0.4, 0.5) is 0 Å². The smallest absolute Gasteiger partial charge is 0.0270 e. The molecule has 0 saturated heterocycles. The van der Waals surface area contributed by atoms with Crippen LogP contribution in [0.5, 0.6) is 0 Å². The summed E-state index contributed by atoms with van der Waals surface area (Å²) in [5, 5.41) is 0. The van der Waals surface area contributed by atoms with E-state index in [1.165, 1.54) is 16.7 Å². The molecule has 0 fully saturated rings. The average molecular weight is 228 g/mol. The van der Waals surface area contributed by atoms with Crippen LogP contribution in [0.25, 0.3) is 0 Å². The molecular formula is C15H20N2. The van der Waals surface area contributed by atoms with Gasteiger partial charge < -0.3 is 6.15 Å². The zero-order valence-corrected chi connectivity index (χ0v) is 10.6. The Morgan fingerprint density at radius 2 is 1.47 bits per heavy atom. The minimum Gasteiger partial charge on any atom is -0.344 e. The first-order valence-corrected chi connectivity index (χ1v) is 5.77. The molecule has 0 radical (unpaired) electrons. The van der Waals surface area contributed by atoms with Gasteiger partial charge in [0.05, 0.1) is 0 Å². The van der Waals surface area contributed by atoms with Gasteiger partial charge in [0.25, 0.3) is 0 Å². The normalized spacial score (nSPS) is 11.6. The largest absolute Gasteiger partial charge is 0.344 e. The van der Waals surface area contributed by atoms with Crippen molar-refractivity contribution in [3.63, 3.8) is 0 Å². The van der Waals surface area contributed by atoms with Crippen molar-refractivity contribution in [1.29, 1.82) is 0 Å². The van der Waals surface area contributed by atoms with E-state index >= 15 is 0 Å². The van der Waals surface area contributed by atoms with Crippen molar-refractivity contribution in [2.24, 2.45) is 0 Å². The van der Waals surface area contributed by atoms with Gasteiger partial charge >= 0.3 is 0 Å². The van der Waals surface area contributed by atoms with Crippen LogP contribution in [-0.4, -0.2) is 4.98 Å². The second-order valence-corrected chi connectivity index (χ2v) is 4.15. The standard InChI is InChI=1S/C15H17N.H3N/c1-3-15(14-8-10-16-11-9-14)13-6-4-12(2)5-7-13;/h4-11,15H,3H2,1-2H3;1H3. The lowest BCUT2D eigenvalue weighted by atomic mass is 9.89. The van der Waals surface area contributed by atoms with Crippen LogP contribution in [0, 0.1) is 6.92 Å². The molecule has 90 valence electrons. The first-order chi connectivity index (χ1) is 7.81. The molecule has 0 saturated carbocycles. The molecule has 1 unspecified atom stereocenters. The SMILES string of the molecule is CCC(c1ccncc1)c1ccc(C)cc1.N. The highest BCUT2D eigenvalue weighted by atomic mass is 14.6. The number of rotatable bonds is 3. The number of benzene rings is 1. The van der Waals surface area contributed by atoms with Crippen molar-refractivity contribution in [2.75, 3.05) is 0 Å². The van der Waals surface area contributed by atoms with Gasteiger partial charge in [0.1, 0.15) is 0 Å². The monoisotopic (exact) mass is 228 g/mol. The van der Waals surface area contributed by atoms with Gasteiger partial charge in [-0.1, -0.05) is 36.8 Å². The first kappa shape index (κ1) is 13.4. The van der Waals surface area contributed by atoms with Crippen LogP contribution in [0.15, 0.2) is 48.8 Å². The van der Waals surface area contributed by atoms with Crippen LogP contribution < -0.4 is 6.15 Å². The molecule has 0 aliphatic rings. The zero-order chi connectivity index (χ0) is 11.4. The lowest BCUT2D eigenvalue weighted by molar-refractivity contribution is 0.775. The van der Waals surface area contributed by atoms with E-state index in [1.807, 2.05) is 12.4 Å². The number of aryl methyl sites for hydroxylation is 1. The summed E-state index contributed by atoms with van der Waals surface area (Å²) in [7, 11) is 0. The summed E-state index contributed by atoms with van der Waals surface area (Å²) in [5.74, 6) is 0.489. The highest BCUT2D eigenvalue weighted by Crippen LogP contribution is 2.27. The van der Waals surface area contributed by atoms with Gasteiger partial charge in [-0.3, -0.25) is 4.98 Å². The van der Waals surface area contributed by atoms with Gasteiger partial charge in [-0.25, -0.2) is 0 Å². The molecule has 17 heavy (non-hydrogen) atoms. The highest BCUT2D eigenvalue weighted by Gasteiger charge is 2.10. The van der Waals surface area contributed by atoms with Crippen molar-refractivity contribution >= 4 is 0 Å². The van der Waals surface area contributed by atoms with Crippen molar-refractivity contribution < 1.29 is 0 Å². The number of nitrogens with zero attached hydrogens (tertiary/aromatic N) is 1. The van der Waals surface area contributed by atoms with E-state index in [1.54, 1.807) is 0 Å². The average Bonchev–Trinajstić information content (AvgIpc) is 2.34. The van der Waals surface area contributed by atoms with Crippen LogP contribution in [0.3, 0.4) is 0 Å². The van der Waals surface area contributed by atoms with E-state index in [9.17, 15) is 0 Å². The molecule has 1 aromatic heterocycles. The van der Waals surface area contributed by atoms with Crippen molar-refractivity contribution in [3.05, 3.63) is 65.5 Å². The van der Waals surface area contributed by atoms with Crippen LogP contribution in [0.1, 0.15) is 36.0 Å². The third-order valence-electron chi connectivity index (χ3n) is 3.00. The summed E-state index contributed by atoms with van der Waals surface area (Å²) >= 11 is 0. The topological polar surface area (TPSA) is 47.9 Å². The minimum absolute atomic E-state index is 0. The lowest BCUT2D eigenvalue weighted by Crippen LogP contribution is -1.99. The molecule has 0 bridgehead atoms. The number of hydrogen-bond donors (Lipinski definition) is 1. The van der Waals surface area contributed by atoms with E-state index in [4.69, 9.17) is 0 Å². The summed E-state index contributed by atoms with van der Waals surface area (Å²) in [4.78, 5) is 4.07. The molecule has 1 heterocycles. The predicted molar refractivity (Wildman–Crippen MR) is 72.6 cm³/mol. The maximum absolute atomic E-state index is 4.07. The van der Waals surface area contributed by atoms with Gasteiger partial charge in [-0.05, 0) is 36.6 Å². The maximum Gasteiger partial charge on any atom is 0.0270 e. The quantitative estimate of drug-likeness (QED) is 0.860. The van der Waals surface area contributed by atoms with E-state index in [0.717, 1.165) is 6.42 Å². The molecular weight excluding hydrogens is 208 g/mol. The zero-order valence-electron chi connectivity index (χ0n) is 10.6. The molecule has 0 amide bonds. The van der Waals surface area contributed by atoms with Crippen LogP contribution >= 0.6 is 0 Å². The Morgan fingerprint density at radius 3 is 2.00 bits per heavy atom. The molecule has 0 aliphatic carbocycles. The molecule has 2 heteroatoms. The molecule has 1 atom stereocenters. The van der Waals surface area contributed by atoms with Crippen LogP contribution in [-0.2, 0) is 0 Å². The third kappa shape index (κ3) is 3.14. The Morgan fingerprint density at radius 1 is 0.941 bits per heavy atom. The minimum atomic E-state index is 0. The second kappa shape index (κ2) is 6.16. The molecule has 0 aliphatic heterocycles. The van der Waals surface area contributed by atoms with E-state index in [-0.39, 0.29) is 6.15 Å². The Kier molecular flexibility index (Phi) is 4.85. The number of hydrogen-bond acceptors (Lipinski definition) is 2. The summed E-state index contributed by atoms with van der Waals surface area (Å²) < 4.78 is 0. The van der Waals surface area contributed by atoms with Crippen molar-refractivity contribution in [1.82, 2.24) is 11.1 Å². The second-order valence-electron chi connectivity index (χ2n) is 4.15.